The first kappa shape index (κ1) is 17.4. The van der Waals surface area contributed by atoms with E-state index in [1.165, 1.54) is 6.54 Å². The average Bonchev–Trinajstić information content (AvgIpc) is 2.29. The van der Waals surface area contributed by atoms with Crippen LogP contribution in [0.2, 0.25) is 0 Å². The maximum Gasteiger partial charge on any atom is 0.237 e. The predicted octanol–water partition coefficient (Wildman–Crippen LogP) is 1.91. The minimum atomic E-state index is 0.271. The van der Waals surface area contributed by atoms with Crippen molar-refractivity contribution in [3.63, 3.8) is 0 Å². The highest BCUT2D eigenvalue weighted by atomic mass is 16.2. The fraction of sp³-hybridized carbons (Fsp3) is 0.938. The average molecular weight is 283 g/mol. The first-order chi connectivity index (χ1) is 9.31. The number of nitrogens with zero attached hydrogens (tertiary/aromatic N) is 3. The van der Waals surface area contributed by atoms with Gasteiger partial charge in [0.05, 0.1) is 6.54 Å². The van der Waals surface area contributed by atoms with Crippen LogP contribution in [0.3, 0.4) is 0 Å². The van der Waals surface area contributed by atoms with Gasteiger partial charge in [-0.05, 0) is 33.6 Å². The van der Waals surface area contributed by atoms with E-state index in [9.17, 15) is 4.79 Å². The van der Waals surface area contributed by atoms with Crippen molar-refractivity contribution in [1.82, 2.24) is 14.7 Å². The molecule has 4 nitrogen and oxygen atoms in total. The summed E-state index contributed by atoms with van der Waals surface area (Å²) < 4.78 is 0. The van der Waals surface area contributed by atoms with Crippen LogP contribution in [0.25, 0.3) is 0 Å². The topological polar surface area (TPSA) is 26.8 Å². The number of carbonyl (C=O) groups is 1. The maximum atomic E-state index is 12.4. The summed E-state index contributed by atoms with van der Waals surface area (Å²) in [7, 11) is 0. The van der Waals surface area contributed by atoms with E-state index in [0.717, 1.165) is 32.1 Å². The fourth-order valence-electron chi connectivity index (χ4n) is 3.09. The van der Waals surface area contributed by atoms with Gasteiger partial charge in [0.25, 0.3) is 0 Å². The fourth-order valence-corrected chi connectivity index (χ4v) is 3.09. The molecule has 0 atom stereocenters. The van der Waals surface area contributed by atoms with Crippen LogP contribution in [-0.2, 0) is 4.79 Å². The van der Waals surface area contributed by atoms with E-state index in [0.29, 0.717) is 6.54 Å². The van der Waals surface area contributed by atoms with Gasteiger partial charge >= 0.3 is 0 Å². The molecule has 0 bridgehead atoms. The first-order valence-corrected chi connectivity index (χ1v) is 8.07. The normalized spacial score (nSPS) is 18.2. The van der Waals surface area contributed by atoms with Crippen molar-refractivity contribution in [2.75, 3.05) is 39.3 Å². The van der Waals surface area contributed by atoms with E-state index in [-0.39, 0.29) is 18.0 Å². The monoisotopic (exact) mass is 283 g/mol. The zero-order valence-electron chi connectivity index (χ0n) is 14.2. The smallest absolute Gasteiger partial charge is 0.237 e. The largest absolute Gasteiger partial charge is 0.337 e. The van der Waals surface area contributed by atoms with Crippen molar-refractivity contribution in [2.24, 2.45) is 5.92 Å². The van der Waals surface area contributed by atoms with Gasteiger partial charge in [0, 0.05) is 44.8 Å². The molecular weight excluding hydrogens is 250 g/mol. The molecule has 0 spiro atoms. The van der Waals surface area contributed by atoms with Crippen LogP contribution in [0.1, 0.15) is 41.5 Å². The van der Waals surface area contributed by atoms with Crippen LogP contribution in [0.5, 0.6) is 0 Å². The van der Waals surface area contributed by atoms with Crippen molar-refractivity contribution in [3.8, 4) is 0 Å². The Labute approximate surface area is 125 Å². The van der Waals surface area contributed by atoms with E-state index in [1.54, 1.807) is 0 Å². The van der Waals surface area contributed by atoms with Gasteiger partial charge in [-0.25, -0.2) is 0 Å². The molecule has 1 amide bonds. The molecule has 1 saturated heterocycles. The molecule has 0 aromatic rings. The second-order valence-corrected chi connectivity index (χ2v) is 6.96. The van der Waals surface area contributed by atoms with Crippen molar-refractivity contribution in [1.29, 1.82) is 0 Å². The predicted molar refractivity (Wildman–Crippen MR) is 84.8 cm³/mol. The highest BCUT2D eigenvalue weighted by molar-refractivity contribution is 5.78. The zero-order chi connectivity index (χ0) is 15.3. The molecule has 0 aromatic carbocycles. The number of hydrogen-bond acceptors (Lipinski definition) is 3. The summed E-state index contributed by atoms with van der Waals surface area (Å²) >= 11 is 0. The summed E-state index contributed by atoms with van der Waals surface area (Å²) in [4.78, 5) is 19.2. The molecule has 0 radical (unpaired) electrons. The van der Waals surface area contributed by atoms with Crippen LogP contribution in [0.15, 0.2) is 0 Å². The standard InChI is InChI=1S/C16H33N3O/c1-13(2)11-17-7-9-18(10-8-17)12-16(20)19(14(3)4)15(5)6/h13-15H,7-12H2,1-6H3. The van der Waals surface area contributed by atoms with E-state index >= 15 is 0 Å². The molecular formula is C16H33N3O. The Morgan fingerprint density at radius 1 is 0.900 bits per heavy atom. The second-order valence-electron chi connectivity index (χ2n) is 6.96. The molecule has 0 unspecified atom stereocenters. The molecule has 0 aromatic heterocycles. The number of piperazine rings is 1. The van der Waals surface area contributed by atoms with E-state index < -0.39 is 0 Å². The molecule has 1 heterocycles. The van der Waals surface area contributed by atoms with Crippen LogP contribution in [-0.4, -0.2) is 72.0 Å². The number of amides is 1. The summed E-state index contributed by atoms with van der Waals surface area (Å²) in [5.41, 5.74) is 0. The van der Waals surface area contributed by atoms with Gasteiger partial charge in [0.15, 0.2) is 0 Å². The Kier molecular flexibility index (Phi) is 6.96. The van der Waals surface area contributed by atoms with Crippen LogP contribution < -0.4 is 0 Å². The molecule has 0 saturated carbocycles. The molecule has 20 heavy (non-hydrogen) atoms. The lowest BCUT2D eigenvalue weighted by atomic mass is 10.2. The second kappa shape index (κ2) is 7.99. The molecule has 0 aliphatic carbocycles. The highest BCUT2D eigenvalue weighted by Gasteiger charge is 2.24. The minimum absolute atomic E-state index is 0.271. The van der Waals surface area contributed by atoms with Crippen LogP contribution in [0, 0.1) is 5.92 Å². The zero-order valence-corrected chi connectivity index (χ0v) is 14.2. The number of hydrogen-bond donors (Lipinski definition) is 0. The number of carbonyl (C=O) groups excluding carboxylic acids is 1. The lowest BCUT2D eigenvalue weighted by Gasteiger charge is -2.37. The van der Waals surface area contributed by atoms with Crippen molar-refractivity contribution >= 4 is 5.91 Å². The Balaban J connectivity index is 2.41. The quantitative estimate of drug-likeness (QED) is 0.745. The van der Waals surface area contributed by atoms with Gasteiger partial charge in [-0.2, -0.15) is 0 Å². The summed E-state index contributed by atoms with van der Waals surface area (Å²) in [5.74, 6) is 0.993. The van der Waals surface area contributed by atoms with Gasteiger partial charge in [-0.15, -0.1) is 0 Å². The Hall–Kier alpha value is -0.610. The van der Waals surface area contributed by atoms with E-state index in [4.69, 9.17) is 0 Å². The first-order valence-electron chi connectivity index (χ1n) is 8.07. The van der Waals surface area contributed by atoms with E-state index in [1.807, 2.05) is 4.90 Å². The molecule has 118 valence electrons. The van der Waals surface area contributed by atoms with Crippen molar-refractivity contribution in [3.05, 3.63) is 0 Å². The highest BCUT2D eigenvalue weighted by Crippen LogP contribution is 2.09. The van der Waals surface area contributed by atoms with E-state index in [2.05, 4.69) is 51.3 Å². The van der Waals surface area contributed by atoms with Crippen LogP contribution >= 0.6 is 0 Å². The maximum absolute atomic E-state index is 12.4. The lowest BCUT2D eigenvalue weighted by molar-refractivity contribution is -0.136. The SMILES string of the molecule is CC(C)CN1CCN(CC(=O)N(C(C)C)C(C)C)CC1. The molecule has 0 N–H and O–H groups in total. The third-order valence-electron chi connectivity index (χ3n) is 3.85. The summed E-state index contributed by atoms with van der Waals surface area (Å²) in [6, 6.07) is 0.564. The van der Waals surface area contributed by atoms with Crippen molar-refractivity contribution in [2.45, 2.75) is 53.6 Å². The van der Waals surface area contributed by atoms with Gasteiger partial charge < -0.3 is 9.80 Å². The van der Waals surface area contributed by atoms with Gasteiger partial charge in [-0.1, -0.05) is 13.8 Å². The Morgan fingerprint density at radius 3 is 1.75 bits per heavy atom. The Morgan fingerprint density at radius 2 is 1.35 bits per heavy atom. The van der Waals surface area contributed by atoms with Crippen LogP contribution in [0.4, 0.5) is 0 Å². The lowest BCUT2D eigenvalue weighted by Crippen LogP contribution is -2.52. The minimum Gasteiger partial charge on any atom is -0.337 e. The number of rotatable bonds is 6. The van der Waals surface area contributed by atoms with Crippen molar-refractivity contribution < 1.29 is 4.79 Å². The summed E-state index contributed by atoms with van der Waals surface area (Å²) in [6.07, 6.45) is 0. The van der Waals surface area contributed by atoms with Gasteiger partial charge in [0.2, 0.25) is 5.91 Å². The third kappa shape index (κ3) is 5.41. The molecule has 1 aliphatic rings. The summed E-state index contributed by atoms with van der Waals surface area (Å²) in [5, 5.41) is 0. The molecule has 4 heteroatoms. The molecule has 1 fully saturated rings. The summed E-state index contributed by atoms with van der Waals surface area (Å²) in [6.45, 7) is 18.9. The molecule has 1 aliphatic heterocycles. The van der Waals surface area contributed by atoms with Gasteiger partial charge in [0.1, 0.15) is 0 Å². The third-order valence-corrected chi connectivity index (χ3v) is 3.85. The molecule has 1 rings (SSSR count). The Bertz CT molecular complexity index is 286. The van der Waals surface area contributed by atoms with Gasteiger partial charge in [-0.3, -0.25) is 9.69 Å².